The predicted octanol–water partition coefficient (Wildman–Crippen LogP) is 1.55. The summed E-state index contributed by atoms with van der Waals surface area (Å²) in [5.74, 6) is 1.47. The Bertz CT molecular complexity index is 847. The molecule has 0 aromatic carbocycles. The molecule has 1 aliphatic heterocycles. The summed E-state index contributed by atoms with van der Waals surface area (Å²) < 4.78 is 6.96. The average Bonchev–Trinajstić information content (AvgIpc) is 3.29. The van der Waals surface area contributed by atoms with Gasteiger partial charge in [0.1, 0.15) is 5.82 Å². The number of piperazine rings is 1. The molecule has 28 heavy (non-hydrogen) atoms. The van der Waals surface area contributed by atoms with Crippen LogP contribution in [0.3, 0.4) is 0 Å². The summed E-state index contributed by atoms with van der Waals surface area (Å²) in [6.07, 6.45) is 4.18. The zero-order chi connectivity index (χ0) is 19.7. The monoisotopic (exact) mass is 386 g/mol. The van der Waals surface area contributed by atoms with Crippen LogP contribution in [0, 0.1) is 12.8 Å². The minimum atomic E-state index is -0.150. The van der Waals surface area contributed by atoms with Crippen LogP contribution >= 0.6 is 0 Å². The molecule has 0 bridgehead atoms. The van der Waals surface area contributed by atoms with E-state index in [1.807, 2.05) is 10.7 Å². The van der Waals surface area contributed by atoms with E-state index in [-0.39, 0.29) is 17.6 Å². The first-order valence-electron chi connectivity index (χ1n) is 9.79. The van der Waals surface area contributed by atoms with Crippen molar-refractivity contribution in [1.29, 1.82) is 0 Å². The highest BCUT2D eigenvalue weighted by atomic mass is 16.5. The molecule has 2 aromatic heterocycles. The van der Waals surface area contributed by atoms with E-state index in [2.05, 4.69) is 27.4 Å². The van der Waals surface area contributed by atoms with Crippen molar-refractivity contribution in [3.8, 4) is 0 Å². The first kappa shape index (κ1) is 18.7. The lowest BCUT2D eigenvalue weighted by Crippen LogP contribution is -2.50. The van der Waals surface area contributed by atoms with Crippen LogP contribution in [0.2, 0.25) is 0 Å². The van der Waals surface area contributed by atoms with E-state index in [4.69, 9.17) is 4.52 Å². The van der Waals surface area contributed by atoms with Gasteiger partial charge in [0.15, 0.2) is 0 Å². The standard InChI is InChI=1S/C19H26N6O3/c1-13-11-16(28-22-13)19(27)24-9-7-23(8-10-24)12-18(26)21-17-5-6-20-25(17)14(2)15-3-4-15/h5-6,11,14-15H,3-4,7-10,12H2,1-2H3,(H,21,26). The number of nitrogens with one attached hydrogen (secondary N) is 1. The highest BCUT2D eigenvalue weighted by Gasteiger charge is 2.31. The molecule has 3 heterocycles. The molecule has 0 spiro atoms. The lowest BCUT2D eigenvalue weighted by atomic mass is 10.2. The Labute approximate surface area is 163 Å². The van der Waals surface area contributed by atoms with Crippen LogP contribution in [-0.4, -0.2) is 69.3 Å². The molecule has 1 saturated carbocycles. The van der Waals surface area contributed by atoms with Crippen molar-refractivity contribution in [1.82, 2.24) is 24.7 Å². The van der Waals surface area contributed by atoms with E-state index in [1.54, 1.807) is 24.1 Å². The largest absolute Gasteiger partial charge is 0.351 e. The lowest BCUT2D eigenvalue weighted by Gasteiger charge is -2.33. The Morgan fingerprint density at radius 2 is 2.04 bits per heavy atom. The second-order valence-corrected chi connectivity index (χ2v) is 7.69. The maximum atomic E-state index is 12.5. The van der Waals surface area contributed by atoms with Crippen molar-refractivity contribution in [2.45, 2.75) is 32.7 Å². The number of carbonyl (C=O) groups is 2. The third-order valence-corrected chi connectivity index (χ3v) is 5.49. The fourth-order valence-corrected chi connectivity index (χ4v) is 3.63. The van der Waals surface area contributed by atoms with Gasteiger partial charge in [-0.1, -0.05) is 5.16 Å². The van der Waals surface area contributed by atoms with Crippen LogP contribution in [-0.2, 0) is 4.79 Å². The smallest absolute Gasteiger partial charge is 0.292 e. The molecular weight excluding hydrogens is 360 g/mol. The summed E-state index contributed by atoms with van der Waals surface area (Å²) >= 11 is 0. The van der Waals surface area contributed by atoms with E-state index in [0.717, 1.165) is 5.82 Å². The van der Waals surface area contributed by atoms with E-state index in [0.29, 0.717) is 50.4 Å². The van der Waals surface area contributed by atoms with Crippen LogP contribution in [0.4, 0.5) is 5.82 Å². The summed E-state index contributed by atoms with van der Waals surface area (Å²) in [5.41, 5.74) is 0.689. The van der Waals surface area contributed by atoms with Crippen molar-refractivity contribution in [3.05, 3.63) is 29.8 Å². The van der Waals surface area contributed by atoms with Crippen LogP contribution in [0.15, 0.2) is 22.9 Å². The summed E-state index contributed by atoms with van der Waals surface area (Å²) in [5, 5.41) is 11.1. The molecule has 1 N–H and O–H groups in total. The topological polar surface area (TPSA) is 96.5 Å². The maximum absolute atomic E-state index is 12.5. The van der Waals surface area contributed by atoms with Crippen molar-refractivity contribution >= 4 is 17.6 Å². The van der Waals surface area contributed by atoms with Crippen LogP contribution < -0.4 is 5.32 Å². The van der Waals surface area contributed by atoms with Gasteiger partial charge < -0.3 is 14.7 Å². The molecule has 9 nitrogen and oxygen atoms in total. The van der Waals surface area contributed by atoms with Crippen LogP contribution in [0.5, 0.6) is 0 Å². The van der Waals surface area contributed by atoms with Gasteiger partial charge in [0.05, 0.1) is 24.5 Å². The number of anilines is 1. The SMILES string of the molecule is Cc1cc(C(=O)N2CCN(CC(=O)Nc3ccnn3C(C)C3CC3)CC2)on1. The van der Waals surface area contributed by atoms with Gasteiger partial charge in [0.2, 0.25) is 11.7 Å². The maximum Gasteiger partial charge on any atom is 0.292 e. The number of carbonyl (C=O) groups excluding carboxylic acids is 2. The average molecular weight is 386 g/mol. The molecule has 9 heteroatoms. The summed E-state index contributed by atoms with van der Waals surface area (Å²) in [6.45, 7) is 6.63. The Morgan fingerprint density at radius 3 is 2.68 bits per heavy atom. The molecule has 4 rings (SSSR count). The van der Waals surface area contributed by atoms with Gasteiger partial charge >= 0.3 is 0 Å². The molecule has 2 fully saturated rings. The molecule has 150 valence electrons. The number of aromatic nitrogens is 3. The van der Waals surface area contributed by atoms with Gasteiger partial charge in [-0.3, -0.25) is 14.5 Å². The minimum Gasteiger partial charge on any atom is -0.351 e. The zero-order valence-corrected chi connectivity index (χ0v) is 16.3. The molecule has 2 amide bonds. The number of hydrogen-bond donors (Lipinski definition) is 1. The third-order valence-electron chi connectivity index (χ3n) is 5.49. The fraction of sp³-hybridized carbons (Fsp3) is 0.579. The van der Waals surface area contributed by atoms with Gasteiger partial charge in [-0.25, -0.2) is 4.68 Å². The highest BCUT2D eigenvalue weighted by molar-refractivity contribution is 5.92. The highest BCUT2D eigenvalue weighted by Crippen LogP contribution is 2.40. The molecule has 1 aliphatic carbocycles. The number of amides is 2. The predicted molar refractivity (Wildman–Crippen MR) is 102 cm³/mol. The molecular formula is C19H26N6O3. The van der Waals surface area contributed by atoms with E-state index >= 15 is 0 Å². The van der Waals surface area contributed by atoms with Gasteiger partial charge in [0.25, 0.3) is 5.91 Å². The molecule has 0 radical (unpaired) electrons. The Kier molecular flexibility index (Phi) is 5.17. The second kappa shape index (κ2) is 7.75. The van der Waals surface area contributed by atoms with E-state index in [1.165, 1.54) is 12.8 Å². The van der Waals surface area contributed by atoms with Gasteiger partial charge in [-0.05, 0) is 32.6 Å². The summed E-state index contributed by atoms with van der Waals surface area (Å²) in [6, 6.07) is 3.79. The van der Waals surface area contributed by atoms with E-state index in [9.17, 15) is 9.59 Å². The normalized spacial score (nSPS) is 18.9. The molecule has 1 unspecified atom stereocenters. The van der Waals surface area contributed by atoms with Gasteiger partial charge in [0, 0.05) is 38.3 Å². The molecule has 1 atom stereocenters. The number of aryl methyl sites for hydroxylation is 1. The third kappa shape index (κ3) is 4.09. The Hall–Kier alpha value is -2.68. The molecule has 2 aromatic rings. The zero-order valence-electron chi connectivity index (χ0n) is 16.3. The van der Waals surface area contributed by atoms with E-state index < -0.39 is 0 Å². The fourth-order valence-electron chi connectivity index (χ4n) is 3.63. The minimum absolute atomic E-state index is 0.0598. The number of hydrogen-bond acceptors (Lipinski definition) is 6. The van der Waals surface area contributed by atoms with Crippen LogP contribution in [0.25, 0.3) is 0 Å². The first-order valence-corrected chi connectivity index (χ1v) is 9.79. The summed E-state index contributed by atoms with van der Waals surface area (Å²) in [4.78, 5) is 28.7. The van der Waals surface area contributed by atoms with Crippen molar-refractivity contribution in [3.63, 3.8) is 0 Å². The Balaban J connectivity index is 1.26. The number of rotatable bonds is 6. The van der Waals surface area contributed by atoms with Crippen molar-refractivity contribution in [2.24, 2.45) is 5.92 Å². The summed E-state index contributed by atoms with van der Waals surface area (Å²) in [7, 11) is 0. The van der Waals surface area contributed by atoms with Crippen LogP contribution in [0.1, 0.15) is 42.1 Å². The van der Waals surface area contributed by atoms with Gasteiger partial charge in [-0.15, -0.1) is 0 Å². The Morgan fingerprint density at radius 1 is 1.29 bits per heavy atom. The van der Waals surface area contributed by atoms with Gasteiger partial charge in [-0.2, -0.15) is 5.10 Å². The quantitative estimate of drug-likeness (QED) is 0.809. The first-order chi connectivity index (χ1) is 13.5. The second-order valence-electron chi connectivity index (χ2n) is 7.69. The van der Waals surface area contributed by atoms with Crippen molar-refractivity contribution < 1.29 is 14.1 Å². The lowest BCUT2D eigenvalue weighted by molar-refractivity contribution is -0.117. The van der Waals surface area contributed by atoms with Crippen molar-refractivity contribution in [2.75, 3.05) is 38.0 Å². The number of nitrogens with zero attached hydrogens (tertiary/aromatic N) is 5. The molecule has 2 aliphatic rings. The molecule has 1 saturated heterocycles.